The molecule has 5 heteroatoms. The fraction of sp³-hybridized carbons (Fsp3) is 0.394. The predicted molar refractivity (Wildman–Crippen MR) is 144 cm³/mol. The van der Waals surface area contributed by atoms with Crippen LogP contribution in [-0.2, 0) is 15.8 Å². The van der Waals surface area contributed by atoms with E-state index in [1.54, 1.807) is 0 Å². The van der Waals surface area contributed by atoms with Crippen LogP contribution in [0.25, 0.3) is 11.1 Å². The van der Waals surface area contributed by atoms with Crippen molar-refractivity contribution in [1.82, 2.24) is 4.90 Å². The summed E-state index contributed by atoms with van der Waals surface area (Å²) in [5.41, 5.74) is 5.35. The number of ether oxygens (including phenoxy) is 1. The van der Waals surface area contributed by atoms with Gasteiger partial charge in [-0.15, -0.1) is 0 Å². The summed E-state index contributed by atoms with van der Waals surface area (Å²) >= 11 is 0. The van der Waals surface area contributed by atoms with Gasteiger partial charge in [0.15, 0.2) is 0 Å². The van der Waals surface area contributed by atoms with Crippen molar-refractivity contribution in [2.75, 3.05) is 6.61 Å². The maximum atomic E-state index is 13.6. The van der Waals surface area contributed by atoms with E-state index >= 15 is 0 Å². The van der Waals surface area contributed by atoms with Gasteiger partial charge in [0.25, 0.3) is 0 Å². The Kier molecular flexibility index (Phi) is 5.39. The largest absolute Gasteiger partial charge is 0.448 e. The van der Waals surface area contributed by atoms with E-state index < -0.39 is 5.60 Å². The molecule has 4 aliphatic rings. The third kappa shape index (κ3) is 3.66. The van der Waals surface area contributed by atoms with Gasteiger partial charge in [-0.1, -0.05) is 72.8 Å². The molecule has 2 unspecified atom stereocenters. The third-order valence-electron chi connectivity index (χ3n) is 9.47. The van der Waals surface area contributed by atoms with Gasteiger partial charge in [-0.3, -0.25) is 0 Å². The first-order chi connectivity index (χ1) is 18.5. The number of nitriles is 1. The van der Waals surface area contributed by atoms with Crippen molar-refractivity contribution < 1.29 is 14.6 Å². The maximum absolute atomic E-state index is 13.6. The van der Waals surface area contributed by atoms with Gasteiger partial charge >= 0.3 is 6.09 Å². The molecule has 3 aromatic rings. The Labute approximate surface area is 223 Å². The van der Waals surface area contributed by atoms with Gasteiger partial charge in [-0.25, -0.2) is 4.79 Å². The summed E-state index contributed by atoms with van der Waals surface area (Å²) in [4.78, 5) is 15.5. The maximum Gasteiger partial charge on any atom is 0.410 e. The number of hydrogen-bond donors (Lipinski definition) is 1. The van der Waals surface area contributed by atoms with Gasteiger partial charge in [0.05, 0.1) is 17.1 Å². The molecular formula is C33H32N2O3. The number of hydrogen-bond acceptors (Lipinski definition) is 4. The van der Waals surface area contributed by atoms with Crippen LogP contribution < -0.4 is 0 Å². The molecule has 0 aromatic heterocycles. The molecule has 2 heterocycles. The van der Waals surface area contributed by atoms with Gasteiger partial charge < -0.3 is 14.7 Å². The van der Waals surface area contributed by atoms with E-state index in [0.717, 1.165) is 43.2 Å². The molecule has 2 saturated heterocycles. The van der Waals surface area contributed by atoms with Crippen LogP contribution in [0.2, 0.25) is 0 Å². The molecule has 192 valence electrons. The lowest BCUT2D eigenvalue weighted by atomic mass is 9.72. The molecule has 38 heavy (non-hydrogen) atoms. The zero-order chi connectivity index (χ0) is 25.9. The molecule has 1 amide bonds. The number of nitrogens with zero attached hydrogens (tertiary/aromatic N) is 2. The Morgan fingerprint density at radius 1 is 0.921 bits per heavy atom. The number of carbonyl (C=O) groups excluding carboxylic acids is 1. The smallest absolute Gasteiger partial charge is 0.410 e. The van der Waals surface area contributed by atoms with Crippen molar-refractivity contribution >= 4 is 6.09 Å². The third-order valence-corrected chi connectivity index (χ3v) is 9.47. The van der Waals surface area contributed by atoms with Crippen molar-refractivity contribution in [2.45, 2.75) is 74.0 Å². The minimum atomic E-state index is -1.00. The monoisotopic (exact) mass is 504 g/mol. The minimum absolute atomic E-state index is 0.0329. The SMILES string of the molecule is N#CC1(c2cccc(C3(O)CC4CCCC(C3)N4C(=O)OCC3c4ccccc4-c4ccccc43)c2)CC1. The van der Waals surface area contributed by atoms with Crippen LogP contribution in [-0.4, -0.2) is 34.8 Å². The van der Waals surface area contributed by atoms with E-state index in [1.165, 1.54) is 22.3 Å². The second-order valence-corrected chi connectivity index (χ2v) is 11.7. The number of piperidine rings is 2. The van der Waals surface area contributed by atoms with Crippen LogP contribution >= 0.6 is 0 Å². The van der Waals surface area contributed by atoms with E-state index in [4.69, 9.17) is 4.74 Å². The van der Waals surface area contributed by atoms with E-state index in [9.17, 15) is 15.2 Å². The first-order valence-corrected chi connectivity index (χ1v) is 13.9. The number of aliphatic hydroxyl groups is 1. The highest BCUT2D eigenvalue weighted by molar-refractivity contribution is 5.79. The summed E-state index contributed by atoms with van der Waals surface area (Å²) < 4.78 is 6.05. The minimum Gasteiger partial charge on any atom is -0.448 e. The van der Waals surface area contributed by atoms with Crippen LogP contribution in [0.1, 0.15) is 73.1 Å². The summed E-state index contributed by atoms with van der Waals surface area (Å²) in [6.45, 7) is 0.311. The molecule has 5 nitrogen and oxygen atoms in total. The van der Waals surface area contributed by atoms with Gasteiger partial charge in [0.1, 0.15) is 6.61 Å². The average Bonchev–Trinajstić information content (AvgIpc) is 3.68. The quantitative estimate of drug-likeness (QED) is 0.446. The van der Waals surface area contributed by atoms with Crippen molar-refractivity contribution in [1.29, 1.82) is 5.26 Å². The topological polar surface area (TPSA) is 73.6 Å². The predicted octanol–water partition coefficient (Wildman–Crippen LogP) is 6.40. The van der Waals surface area contributed by atoms with Crippen molar-refractivity contribution in [3.05, 3.63) is 95.1 Å². The molecule has 0 radical (unpaired) electrons. The summed E-state index contributed by atoms with van der Waals surface area (Å²) in [6.07, 6.45) is 5.27. The standard InChI is InChI=1S/C33H32N2O3/c34-21-32(15-16-32)22-7-5-8-23(17-22)33(37)18-24-9-6-10-25(19-33)35(24)31(36)38-20-30-28-13-3-1-11-26(28)27-12-2-4-14-29(27)30/h1-5,7-8,11-14,17,24-25,30,37H,6,9-10,15-16,18-20H2. The highest BCUT2D eigenvalue weighted by Gasteiger charge is 2.50. The molecule has 0 spiro atoms. The molecular weight excluding hydrogens is 472 g/mol. The molecule has 1 N–H and O–H groups in total. The molecule has 1 saturated carbocycles. The van der Waals surface area contributed by atoms with E-state index in [1.807, 2.05) is 41.3 Å². The molecule has 2 atom stereocenters. The van der Waals surface area contributed by atoms with Crippen molar-refractivity contribution in [3.63, 3.8) is 0 Å². The second kappa shape index (κ2) is 8.71. The lowest BCUT2D eigenvalue weighted by Gasteiger charge is -2.51. The molecule has 7 rings (SSSR count). The highest BCUT2D eigenvalue weighted by Crippen LogP contribution is 2.50. The van der Waals surface area contributed by atoms with E-state index in [0.29, 0.717) is 19.4 Å². The fourth-order valence-electron chi connectivity index (χ4n) is 7.33. The Bertz CT molecular complexity index is 1390. The Hall–Kier alpha value is -3.62. The van der Waals surface area contributed by atoms with Crippen LogP contribution in [0.4, 0.5) is 4.79 Å². The molecule has 2 bridgehead atoms. The summed E-state index contributed by atoms with van der Waals surface area (Å²) in [5, 5.41) is 21.6. The van der Waals surface area contributed by atoms with Crippen molar-refractivity contribution in [2.24, 2.45) is 0 Å². The normalized spacial score (nSPS) is 26.7. The Balaban J connectivity index is 1.10. The Morgan fingerprint density at radius 3 is 2.13 bits per heavy atom. The fourth-order valence-corrected chi connectivity index (χ4v) is 7.33. The molecule has 3 aromatic carbocycles. The summed E-state index contributed by atoms with van der Waals surface area (Å²) in [6, 6.07) is 27.1. The average molecular weight is 505 g/mol. The van der Waals surface area contributed by atoms with Gasteiger partial charge in [0, 0.05) is 30.8 Å². The number of amides is 1. The lowest BCUT2D eigenvalue weighted by molar-refractivity contribution is -0.0891. The van der Waals surface area contributed by atoms with Crippen LogP contribution in [0.3, 0.4) is 0 Å². The van der Waals surface area contributed by atoms with E-state index in [-0.39, 0.29) is 29.5 Å². The molecule has 3 fully saturated rings. The zero-order valence-corrected chi connectivity index (χ0v) is 21.5. The van der Waals surface area contributed by atoms with Crippen LogP contribution in [0.5, 0.6) is 0 Å². The van der Waals surface area contributed by atoms with Gasteiger partial charge in [0.2, 0.25) is 0 Å². The van der Waals surface area contributed by atoms with Gasteiger partial charge in [-0.2, -0.15) is 5.26 Å². The van der Waals surface area contributed by atoms with Crippen LogP contribution in [0, 0.1) is 11.3 Å². The van der Waals surface area contributed by atoms with Gasteiger partial charge in [-0.05, 0) is 65.5 Å². The van der Waals surface area contributed by atoms with Crippen molar-refractivity contribution in [3.8, 4) is 17.2 Å². The summed E-state index contributed by atoms with van der Waals surface area (Å²) in [7, 11) is 0. The van der Waals surface area contributed by atoms with Crippen LogP contribution in [0.15, 0.2) is 72.8 Å². The zero-order valence-electron chi connectivity index (χ0n) is 21.5. The molecule has 2 aliphatic heterocycles. The number of fused-ring (bicyclic) bond motifs is 5. The summed E-state index contributed by atoms with van der Waals surface area (Å²) in [5.74, 6) is 0.0329. The Morgan fingerprint density at radius 2 is 1.53 bits per heavy atom. The second-order valence-electron chi connectivity index (χ2n) is 11.7. The van der Waals surface area contributed by atoms with E-state index in [2.05, 4.69) is 42.5 Å². The number of rotatable bonds is 4. The first-order valence-electron chi connectivity index (χ1n) is 13.9. The lowest BCUT2D eigenvalue weighted by Crippen LogP contribution is -2.59. The number of carbonyl (C=O) groups is 1. The first kappa shape index (κ1) is 23.5. The number of benzene rings is 3. The highest BCUT2D eigenvalue weighted by atomic mass is 16.6. The molecule has 2 aliphatic carbocycles.